The third-order valence-corrected chi connectivity index (χ3v) is 6.46. The molecule has 1 aliphatic rings. The molecule has 1 heterocycles. The molecule has 11 heteroatoms. The minimum Gasteiger partial charge on any atom is -0.363 e. The Hall–Kier alpha value is -2.79. The number of anilines is 1. The summed E-state index contributed by atoms with van der Waals surface area (Å²) in [6, 6.07) is 10.7. The topological polar surface area (TPSA) is 35.6 Å². The van der Waals surface area contributed by atoms with Crippen LogP contribution in [0.2, 0.25) is 0 Å². The molecule has 0 saturated carbocycles. The molecular weight excluding hydrogens is 529 g/mol. The van der Waals surface area contributed by atoms with E-state index in [1.54, 1.807) is 29.2 Å². The first-order valence-corrected chi connectivity index (χ1v) is 10.9. The highest BCUT2D eigenvalue weighted by molar-refractivity contribution is 9.10. The highest BCUT2D eigenvalue weighted by Gasteiger charge is 2.31. The van der Waals surface area contributed by atoms with Crippen molar-refractivity contribution in [3.8, 4) is 0 Å². The zero-order valence-corrected chi connectivity index (χ0v) is 19.2. The van der Waals surface area contributed by atoms with E-state index in [-0.39, 0.29) is 31.3 Å². The molecule has 0 bridgehead atoms. The molecule has 0 atom stereocenters. The van der Waals surface area contributed by atoms with E-state index in [2.05, 4.69) is 21.2 Å². The molecule has 33 heavy (non-hydrogen) atoms. The Bertz CT molecular complexity index is 1250. The Morgan fingerprint density at radius 3 is 2.00 bits per heavy atom. The summed E-state index contributed by atoms with van der Waals surface area (Å²) in [5.74, 6) is -10.4. The summed E-state index contributed by atoms with van der Waals surface area (Å²) in [7, 11) is 0. The second-order valence-corrected chi connectivity index (χ2v) is 8.53. The molecule has 0 aliphatic carbocycles. The number of halogens is 6. The maximum atomic E-state index is 14.1. The van der Waals surface area contributed by atoms with Gasteiger partial charge in [-0.2, -0.15) is 0 Å². The summed E-state index contributed by atoms with van der Waals surface area (Å²) in [4.78, 5) is 15.5. The Morgan fingerprint density at radius 1 is 0.818 bits per heavy atom. The quantitative estimate of drug-likeness (QED) is 0.210. The minimum absolute atomic E-state index is 0.0599. The molecule has 4 nitrogen and oxygen atoms in total. The van der Waals surface area contributed by atoms with Crippen LogP contribution >= 0.6 is 28.1 Å². The van der Waals surface area contributed by atoms with Gasteiger partial charge < -0.3 is 9.80 Å². The molecule has 1 saturated heterocycles. The van der Waals surface area contributed by atoms with Gasteiger partial charge in [-0.1, -0.05) is 40.2 Å². The third kappa shape index (κ3) is 4.26. The van der Waals surface area contributed by atoms with E-state index in [0.29, 0.717) is 5.56 Å². The van der Waals surface area contributed by atoms with Crippen molar-refractivity contribution in [2.45, 2.75) is 0 Å². The van der Waals surface area contributed by atoms with Crippen LogP contribution in [0.1, 0.15) is 10.4 Å². The van der Waals surface area contributed by atoms with Gasteiger partial charge in [-0.3, -0.25) is 10.1 Å². The number of thiocarbonyl (C=S) groups is 1. The number of hydrogen-bond donors (Lipinski definition) is 1. The van der Waals surface area contributed by atoms with Crippen molar-refractivity contribution in [3.63, 3.8) is 0 Å². The van der Waals surface area contributed by atoms with Crippen LogP contribution in [0.25, 0.3) is 10.8 Å². The number of hydrogen-bond acceptors (Lipinski definition) is 3. The molecule has 1 N–H and O–H groups in total. The number of nitrogens with zero attached hydrogens (tertiary/aromatic N) is 2. The second kappa shape index (κ2) is 9.22. The molecule has 1 fully saturated rings. The maximum Gasteiger partial charge on any atom is 0.258 e. The Kier molecular flexibility index (Phi) is 6.53. The van der Waals surface area contributed by atoms with Crippen LogP contribution in [0.15, 0.2) is 40.9 Å². The van der Waals surface area contributed by atoms with E-state index in [1.165, 1.54) is 0 Å². The van der Waals surface area contributed by atoms with Crippen molar-refractivity contribution in [2.75, 3.05) is 31.1 Å². The van der Waals surface area contributed by atoms with Gasteiger partial charge in [-0.15, -0.1) is 0 Å². The maximum absolute atomic E-state index is 14.1. The molecule has 3 aromatic carbocycles. The van der Waals surface area contributed by atoms with Crippen LogP contribution < -0.4 is 10.2 Å². The van der Waals surface area contributed by atoms with Crippen LogP contribution in [-0.4, -0.2) is 42.1 Å². The van der Waals surface area contributed by atoms with E-state index < -0.39 is 40.7 Å². The molecule has 0 unspecified atom stereocenters. The van der Waals surface area contributed by atoms with E-state index in [4.69, 9.17) is 12.2 Å². The number of piperazine rings is 1. The van der Waals surface area contributed by atoms with Crippen LogP contribution in [-0.2, 0) is 0 Å². The normalized spacial score (nSPS) is 14.0. The lowest BCUT2D eigenvalue weighted by atomic mass is 10.0. The number of carbonyl (C=O) groups excluding carboxylic acids is 1. The smallest absolute Gasteiger partial charge is 0.258 e. The Morgan fingerprint density at radius 2 is 1.36 bits per heavy atom. The minimum atomic E-state index is -2.20. The zero-order chi connectivity index (χ0) is 23.9. The molecule has 3 aromatic rings. The molecule has 0 spiro atoms. The molecule has 4 rings (SSSR count). The van der Waals surface area contributed by atoms with Gasteiger partial charge in [0.1, 0.15) is 5.69 Å². The highest BCUT2D eigenvalue weighted by Crippen LogP contribution is 2.31. The molecule has 1 amide bonds. The van der Waals surface area contributed by atoms with Crippen molar-refractivity contribution in [3.05, 3.63) is 75.5 Å². The van der Waals surface area contributed by atoms with Gasteiger partial charge >= 0.3 is 0 Å². The number of amides is 1. The van der Waals surface area contributed by atoms with Crippen LogP contribution in [0, 0.1) is 29.1 Å². The van der Waals surface area contributed by atoms with Gasteiger partial charge in [0.2, 0.25) is 5.82 Å². The number of rotatable bonds is 2. The van der Waals surface area contributed by atoms with Gasteiger partial charge in [0, 0.05) is 36.2 Å². The number of carbonyl (C=O) groups is 1. The van der Waals surface area contributed by atoms with Crippen molar-refractivity contribution in [1.82, 2.24) is 10.2 Å². The lowest BCUT2D eigenvalue weighted by Gasteiger charge is -2.37. The monoisotopic (exact) mass is 543 g/mol. The predicted octanol–water partition coefficient (Wildman–Crippen LogP) is 5.13. The fourth-order valence-corrected chi connectivity index (χ4v) is 4.49. The fourth-order valence-electron chi connectivity index (χ4n) is 3.72. The predicted molar refractivity (Wildman–Crippen MR) is 122 cm³/mol. The fraction of sp³-hybridized carbons (Fsp3) is 0.182. The zero-order valence-electron chi connectivity index (χ0n) is 16.8. The van der Waals surface area contributed by atoms with Crippen molar-refractivity contribution in [2.24, 2.45) is 0 Å². The van der Waals surface area contributed by atoms with E-state index in [0.717, 1.165) is 20.1 Å². The highest BCUT2D eigenvalue weighted by atomic mass is 79.9. The molecular formula is C22H15BrF5N3OS. The van der Waals surface area contributed by atoms with Crippen molar-refractivity contribution < 1.29 is 26.7 Å². The largest absolute Gasteiger partial charge is 0.363 e. The Labute approximate surface area is 199 Å². The lowest BCUT2D eigenvalue weighted by Crippen LogP contribution is -2.53. The van der Waals surface area contributed by atoms with E-state index >= 15 is 0 Å². The van der Waals surface area contributed by atoms with Crippen LogP contribution in [0.4, 0.5) is 27.6 Å². The second-order valence-electron chi connectivity index (χ2n) is 7.29. The molecule has 1 aliphatic heterocycles. The van der Waals surface area contributed by atoms with E-state index in [1.807, 2.05) is 12.1 Å². The summed E-state index contributed by atoms with van der Waals surface area (Å²) < 4.78 is 69.4. The van der Waals surface area contributed by atoms with Crippen molar-refractivity contribution >= 4 is 55.6 Å². The van der Waals surface area contributed by atoms with Crippen LogP contribution in [0.5, 0.6) is 0 Å². The van der Waals surface area contributed by atoms with Gasteiger partial charge in [-0.05, 0) is 35.1 Å². The summed E-state index contributed by atoms with van der Waals surface area (Å²) >= 11 is 8.76. The van der Waals surface area contributed by atoms with Gasteiger partial charge in [-0.25, -0.2) is 22.0 Å². The van der Waals surface area contributed by atoms with Gasteiger partial charge in [0.25, 0.3) is 5.91 Å². The molecule has 172 valence electrons. The number of nitrogens with one attached hydrogen (secondary N) is 1. The average Bonchev–Trinajstić information content (AvgIpc) is 2.82. The van der Waals surface area contributed by atoms with Gasteiger partial charge in [0.15, 0.2) is 28.4 Å². The summed E-state index contributed by atoms with van der Waals surface area (Å²) in [6.07, 6.45) is 0. The standard InChI is InChI=1S/C22H15BrF5N3OS/c23-14-6-2-3-11-12(14)4-1-5-13(11)21(32)29-22(33)31-9-7-30(8-10-31)20-18(27)16(25)15(24)17(26)19(20)28/h1-6H,7-10H2,(H,29,32,33). The van der Waals surface area contributed by atoms with Gasteiger partial charge in [0.05, 0.1) is 0 Å². The first-order chi connectivity index (χ1) is 15.7. The summed E-state index contributed by atoms with van der Waals surface area (Å²) in [6.45, 7) is 0.102. The first-order valence-electron chi connectivity index (χ1n) is 9.74. The summed E-state index contributed by atoms with van der Waals surface area (Å²) in [5, 5.41) is 4.33. The molecule has 0 aromatic heterocycles. The third-order valence-electron chi connectivity index (χ3n) is 5.40. The lowest BCUT2D eigenvalue weighted by molar-refractivity contribution is 0.0974. The first kappa shape index (κ1) is 23.4. The summed E-state index contributed by atoms with van der Waals surface area (Å²) in [5.41, 5.74) is -0.557. The van der Waals surface area contributed by atoms with Crippen molar-refractivity contribution in [1.29, 1.82) is 0 Å². The number of benzene rings is 3. The van der Waals surface area contributed by atoms with Crippen LogP contribution in [0.3, 0.4) is 0 Å². The average molecular weight is 544 g/mol. The number of fused-ring (bicyclic) bond motifs is 1. The molecule has 0 radical (unpaired) electrons. The SMILES string of the molecule is O=C(NC(=S)N1CCN(c2c(F)c(F)c(F)c(F)c2F)CC1)c1cccc2c(Br)cccc12. The Balaban J connectivity index is 1.46. The van der Waals surface area contributed by atoms with E-state index in [9.17, 15) is 26.7 Å².